The third-order valence-corrected chi connectivity index (χ3v) is 5.02. The normalized spacial score (nSPS) is 14.6. The number of hydrogen-bond donors (Lipinski definition) is 3. The van der Waals surface area contributed by atoms with E-state index in [0.717, 1.165) is 57.8 Å². The van der Waals surface area contributed by atoms with Gasteiger partial charge in [0.1, 0.15) is 0 Å². The summed E-state index contributed by atoms with van der Waals surface area (Å²) in [5.41, 5.74) is 0. The average molecular weight is 447 g/mol. The predicted octanol–water partition coefficient (Wildman–Crippen LogP) is 7.06. The first-order valence-corrected chi connectivity index (χ1v) is 12.4. The maximum absolute atomic E-state index is 10.4. The lowest BCUT2D eigenvalue weighted by Crippen LogP contribution is -2.04. The van der Waals surface area contributed by atoms with Crippen LogP contribution in [0.5, 0.6) is 0 Å². The van der Waals surface area contributed by atoms with Crippen LogP contribution >= 0.6 is 0 Å². The molecule has 0 rings (SSSR count). The number of hydrogen-bond acceptors (Lipinski definition) is 3. The van der Waals surface area contributed by atoms with Gasteiger partial charge in [0.2, 0.25) is 0 Å². The van der Waals surface area contributed by atoms with Crippen molar-refractivity contribution in [2.24, 2.45) is 0 Å². The highest BCUT2D eigenvalue weighted by atomic mass is 16.4. The lowest BCUT2D eigenvalue weighted by molar-refractivity contribution is -0.137. The minimum Gasteiger partial charge on any atom is -0.481 e. The van der Waals surface area contributed by atoms with Gasteiger partial charge in [-0.05, 0) is 51.4 Å². The molecule has 2 unspecified atom stereocenters. The highest BCUT2D eigenvalue weighted by Crippen LogP contribution is 2.09. The summed E-state index contributed by atoms with van der Waals surface area (Å²) in [7, 11) is 0. The molecule has 32 heavy (non-hydrogen) atoms. The van der Waals surface area contributed by atoms with Crippen LogP contribution in [0.4, 0.5) is 0 Å². The summed E-state index contributed by atoms with van der Waals surface area (Å²) in [6.45, 7) is 2.05. The zero-order valence-electron chi connectivity index (χ0n) is 20.1. The molecule has 4 heteroatoms. The number of aliphatic carboxylic acids is 1. The summed E-state index contributed by atoms with van der Waals surface area (Å²) in [5.74, 6) is -0.687. The number of aliphatic hydroxyl groups excluding tert-OH is 2. The third-order valence-electron chi connectivity index (χ3n) is 5.02. The number of carboxylic acids is 1. The van der Waals surface area contributed by atoms with E-state index in [2.05, 4.69) is 36.5 Å². The van der Waals surface area contributed by atoms with Crippen LogP contribution in [0.2, 0.25) is 0 Å². The second-order valence-corrected chi connectivity index (χ2v) is 8.20. The number of carboxylic acid groups (broad SMARTS) is 1. The average Bonchev–Trinajstić information content (AvgIpc) is 2.75. The zero-order valence-corrected chi connectivity index (χ0v) is 20.1. The lowest BCUT2D eigenvalue weighted by Gasteiger charge is -2.04. The van der Waals surface area contributed by atoms with Crippen molar-refractivity contribution in [1.29, 1.82) is 0 Å². The van der Waals surface area contributed by atoms with E-state index in [0.29, 0.717) is 12.8 Å². The van der Waals surface area contributed by atoms with Crippen molar-refractivity contribution in [2.75, 3.05) is 0 Å². The Morgan fingerprint density at radius 3 is 1.88 bits per heavy atom. The van der Waals surface area contributed by atoms with E-state index in [1.54, 1.807) is 12.2 Å². The van der Waals surface area contributed by atoms with Gasteiger partial charge in [-0.1, -0.05) is 99.8 Å². The van der Waals surface area contributed by atoms with Crippen molar-refractivity contribution < 1.29 is 20.1 Å². The standard InChI is InChI=1S/C28H46O4/c1-2-21-26(29)23-20-24-27(30)22-18-16-14-12-10-8-6-4-3-5-7-9-11-13-15-17-19-25-28(31)32/h3,5-6,8,12,14,18,20,22,24,26-27,29-30H,2,4,7,9-11,13,15-17,19,21,23,25H2,1H3,(H,31,32)/b5-3-,8-6-,14-12-,22-18-,24-20-. The maximum Gasteiger partial charge on any atom is 0.303 e. The van der Waals surface area contributed by atoms with Gasteiger partial charge in [0.05, 0.1) is 12.2 Å². The van der Waals surface area contributed by atoms with Crippen LogP contribution in [0.25, 0.3) is 0 Å². The van der Waals surface area contributed by atoms with E-state index in [1.165, 1.54) is 19.3 Å². The van der Waals surface area contributed by atoms with Crippen LogP contribution in [0.3, 0.4) is 0 Å². The van der Waals surface area contributed by atoms with Crippen molar-refractivity contribution in [3.63, 3.8) is 0 Å². The molecule has 0 spiro atoms. The molecule has 0 aliphatic heterocycles. The fraction of sp³-hybridized carbons (Fsp3) is 0.607. The maximum atomic E-state index is 10.4. The Hall–Kier alpha value is -1.91. The molecule has 0 fully saturated rings. The van der Waals surface area contributed by atoms with Crippen LogP contribution in [0.15, 0.2) is 60.8 Å². The molecular weight excluding hydrogens is 400 g/mol. The van der Waals surface area contributed by atoms with Crippen LogP contribution in [0.1, 0.15) is 96.8 Å². The first-order valence-electron chi connectivity index (χ1n) is 12.4. The molecule has 0 aliphatic carbocycles. The molecule has 0 bridgehead atoms. The summed E-state index contributed by atoms with van der Waals surface area (Å²) in [4.78, 5) is 10.4. The fourth-order valence-corrected chi connectivity index (χ4v) is 3.19. The first-order chi connectivity index (χ1) is 15.6. The monoisotopic (exact) mass is 446 g/mol. The van der Waals surface area contributed by atoms with Crippen LogP contribution in [-0.2, 0) is 4.79 Å². The summed E-state index contributed by atoms with van der Waals surface area (Å²) >= 11 is 0. The van der Waals surface area contributed by atoms with E-state index in [4.69, 9.17) is 5.11 Å². The van der Waals surface area contributed by atoms with Gasteiger partial charge >= 0.3 is 5.97 Å². The molecular formula is C28H46O4. The molecule has 0 aromatic rings. The number of rotatable bonds is 21. The number of aliphatic hydroxyl groups is 2. The highest BCUT2D eigenvalue weighted by Gasteiger charge is 1.99. The Balaban J connectivity index is 3.57. The minimum absolute atomic E-state index is 0.303. The summed E-state index contributed by atoms with van der Waals surface area (Å²) in [6.07, 6.45) is 32.5. The van der Waals surface area contributed by atoms with Gasteiger partial charge in [0, 0.05) is 6.42 Å². The van der Waals surface area contributed by atoms with Crippen LogP contribution in [0, 0.1) is 0 Å². The van der Waals surface area contributed by atoms with E-state index in [1.807, 2.05) is 19.1 Å². The molecule has 0 amide bonds. The Kier molecular flexibility index (Phi) is 22.3. The molecule has 0 saturated heterocycles. The molecule has 0 heterocycles. The third kappa shape index (κ3) is 24.4. The second-order valence-electron chi connectivity index (χ2n) is 8.20. The van der Waals surface area contributed by atoms with E-state index < -0.39 is 12.1 Å². The highest BCUT2D eigenvalue weighted by molar-refractivity contribution is 5.66. The molecule has 0 aromatic heterocycles. The van der Waals surface area contributed by atoms with Crippen LogP contribution in [-0.4, -0.2) is 33.5 Å². The minimum atomic E-state index is -0.687. The smallest absolute Gasteiger partial charge is 0.303 e. The molecule has 2 atom stereocenters. The van der Waals surface area contributed by atoms with E-state index in [9.17, 15) is 15.0 Å². The Morgan fingerprint density at radius 1 is 0.719 bits per heavy atom. The molecule has 0 radical (unpaired) electrons. The topological polar surface area (TPSA) is 77.8 Å². The second kappa shape index (κ2) is 23.7. The molecule has 3 N–H and O–H groups in total. The quantitative estimate of drug-likeness (QED) is 0.130. The summed E-state index contributed by atoms with van der Waals surface area (Å²) in [6, 6.07) is 0. The summed E-state index contributed by atoms with van der Waals surface area (Å²) < 4.78 is 0. The van der Waals surface area contributed by atoms with Gasteiger partial charge in [-0.2, -0.15) is 0 Å². The van der Waals surface area contributed by atoms with E-state index >= 15 is 0 Å². The molecule has 0 saturated carbocycles. The van der Waals surface area contributed by atoms with Crippen molar-refractivity contribution >= 4 is 5.97 Å². The molecule has 4 nitrogen and oxygen atoms in total. The Morgan fingerprint density at radius 2 is 1.25 bits per heavy atom. The van der Waals surface area contributed by atoms with Gasteiger partial charge in [0.15, 0.2) is 0 Å². The fourth-order valence-electron chi connectivity index (χ4n) is 3.19. The van der Waals surface area contributed by atoms with Gasteiger partial charge in [-0.25, -0.2) is 0 Å². The van der Waals surface area contributed by atoms with Crippen LogP contribution < -0.4 is 0 Å². The SMILES string of the molecule is CCCC(O)C/C=C\C(O)/C=C\C/C=C\C/C=C\C/C=C\CCCCCCCCC(=O)O. The number of allylic oxidation sites excluding steroid dienone is 7. The Labute approximate surface area is 196 Å². The zero-order chi connectivity index (χ0) is 23.7. The molecule has 0 aliphatic rings. The van der Waals surface area contributed by atoms with Crippen molar-refractivity contribution in [3.05, 3.63) is 60.8 Å². The predicted molar refractivity (Wildman–Crippen MR) is 136 cm³/mol. The summed E-state index contributed by atoms with van der Waals surface area (Å²) in [5, 5.41) is 28.0. The van der Waals surface area contributed by atoms with E-state index in [-0.39, 0.29) is 6.10 Å². The van der Waals surface area contributed by atoms with Gasteiger partial charge < -0.3 is 15.3 Å². The van der Waals surface area contributed by atoms with Crippen molar-refractivity contribution in [2.45, 2.75) is 109 Å². The van der Waals surface area contributed by atoms with Crippen molar-refractivity contribution in [1.82, 2.24) is 0 Å². The Bertz CT molecular complexity index is 572. The number of carbonyl (C=O) groups is 1. The number of unbranched alkanes of at least 4 members (excludes halogenated alkanes) is 6. The van der Waals surface area contributed by atoms with Gasteiger partial charge in [-0.15, -0.1) is 0 Å². The van der Waals surface area contributed by atoms with Crippen molar-refractivity contribution in [3.8, 4) is 0 Å². The largest absolute Gasteiger partial charge is 0.481 e. The molecule has 182 valence electrons. The van der Waals surface area contributed by atoms with Gasteiger partial charge in [0.25, 0.3) is 0 Å². The molecule has 0 aromatic carbocycles. The lowest BCUT2D eigenvalue weighted by atomic mass is 10.1. The van der Waals surface area contributed by atoms with Gasteiger partial charge in [-0.3, -0.25) is 4.79 Å². The first kappa shape index (κ1) is 30.1.